The molecule has 1 fully saturated rings. The third-order valence-corrected chi connectivity index (χ3v) is 4.48. The zero-order valence-electron chi connectivity index (χ0n) is 13.8. The molecule has 1 aliphatic heterocycles. The van der Waals surface area contributed by atoms with E-state index in [0.717, 1.165) is 31.9 Å². The Balaban J connectivity index is 1.47. The molecule has 2 heterocycles. The van der Waals surface area contributed by atoms with E-state index >= 15 is 0 Å². The van der Waals surface area contributed by atoms with Crippen molar-refractivity contribution >= 4 is 0 Å². The van der Waals surface area contributed by atoms with Crippen LogP contribution in [-0.2, 0) is 19.6 Å². The highest BCUT2D eigenvalue weighted by molar-refractivity contribution is 5.16. The van der Waals surface area contributed by atoms with Gasteiger partial charge in [-0.25, -0.2) is 0 Å². The predicted molar refractivity (Wildman–Crippen MR) is 91.0 cm³/mol. The Morgan fingerprint density at radius 3 is 2.91 bits per heavy atom. The van der Waals surface area contributed by atoms with Crippen molar-refractivity contribution in [3.8, 4) is 0 Å². The smallest absolute Gasteiger partial charge is 0.0641 e. The summed E-state index contributed by atoms with van der Waals surface area (Å²) in [5, 5.41) is 17.1. The Morgan fingerprint density at radius 1 is 1.30 bits per heavy atom. The molecule has 1 atom stereocenters. The van der Waals surface area contributed by atoms with Crippen LogP contribution in [0.25, 0.3) is 0 Å². The topological polar surface area (TPSA) is 53.3 Å². The minimum absolute atomic E-state index is 0.130. The number of likely N-dealkylation sites (tertiary alicyclic amines) is 1. The molecule has 0 radical (unpaired) electrons. The number of nitrogens with zero attached hydrogens (tertiary/aromatic N) is 3. The molecule has 5 nitrogen and oxygen atoms in total. The number of hydrogen-bond acceptors (Lipinski definition) is 4. The van der Waals surface area contributed by atoms with Crippen LogP contribution in [0.1, 0.15) is 23.2 Å². The second-order valence-electron chi connectivity index (χ2n) is 6.31. The molecule has 0 saturated carbocycles. The molecule has 1 aromatic carbocycles. The minimum Gasteiger partial charge on any atom is -0.394 e. The Hall–Kier alpha value is -1.69. The summed E-state index contributed by atoms with van der Waals surface area (Å²) >= 11 is 0. The summed E-state index contributed by atoms with van der Waals surface area (Å²) in [6.45, 7) is 6.85. The first-order valence-corrected chi connectivity index (χ1v) is 8.38. The van der Waals surface area contributed by atoms with Gasteiger partial charge >= 0.3 is 0 Å². The standard InChI is InChI=1S/C18H26N4O/c1-15-17(13-22(20-15)9-10-23)11-19-18-7-8-21(14-18)12-16-5-3-2-4-6-16/h2-6,13,18-19,23H,7-12,14H2,1H3. The maximum Gasteiger partial charge on any atom is 0.0641 e. The summed E-state index contributed by atoms with van der Waals surface area (Å²) in [4.78, 5) is 2.51. The van der Waals surface area contributed by atoms with Gasteiger partial charge in [0.2, 0.25) is 0 Å². The molecular weight excluding hydrogens is 288 g/mol. The largest absolute Gasteiger partial charge is 0.394 e. The molecule has 1 unspecified atom stereocenters. The van der Waals surface area contributed by atoms with Crippen LogP contribution in [-0.4, -0.2) is 45.5 Å². The van der Waals surface area contributed by atoms with Gasteiger partial charge < -0.3 is 10.4 Å². The van der Waals surface area contributed by atoms with E-state index in [-0.39, 0.29) is 6.61 Å². The van der Waals surface area contributed by atoms with E-state index in [2.05, 4.69) is 45.6 Å². The number of benzene rings is 1. The third-order valence-electron chi connectivity index (χ3n) is 4.48. The number of aliphatic hydroxyl groups excluding tert-OH is 1. The number of rotatable bonds is 7. The van der Waals surface area contributed by atoms with Gasteiger partial charge in [-0.05, 0) is 18.9 Å². The van der Waals surface area contributed by atoms with Crippen molar-refractivity contribution in [2.45, 2.75) is 39.0 Å². The van der Waals surface area contributed by atoms with Crippen molar-refractivity contribution in [1.82, 2.24) is 20.0 Å². The molecule has 0 bridgehead atoms. The second kappa shape index (κ2) is 7.73. The zero-order valence-corrected chi connectivity index (χ0v) is 13.8. The first kappa shape index (κ1) is 16.2. The molecule has 1 aliphatic rings. The van der Waals surface area contributed by atoms with Gasteiger partial charge in [0, 0.05) is 44.0 Å². The van der Waals surface area contributed by atoms with Gasteiger partial charge in [0.05, 0.1) is 18.8 Å². The number of hydrogen-bond donors (Lipinski definition) is 2. The molecule has 23 heavy (non-hydrogen) atoms. The molecule has 1 saturated heterocycles. The number of aryl methyl sites for hydroxylation is 1. The molecular formula is C18H26N4O. The van der Waals surface area contributed by atoms with E-state index < -0.39 is 0 Å². The molecule has 0 amide bonds. The zero-order chi connectivity index (χ0) is 16.1. The summed E-state index contributed by atoms with van der Waals surface area (Å²) in [6, 6.07) is 11.2. The first-order chi connectivity index (χ1) is 11.2. The van der Waals surface area contributed by atoms with Crippen molar-refractivity contribution in [1.29, 1.82) is 0 Å². The van der Waals surface area contributed by atoms with Crippen LogP contribution in [0.4, 0.5) is 0 Å². The summed E-state index contributed by atoms with van der Waals surface area (Å²) in [5.74, 6) is 0. The van der Waals surface area contributed by atoms with Crippen LogP contribution >= 0.6 is 0 Å². The minimum atomic E-state index is 0.130. The van der Waals surface area contributed by atoms with Crippen LogP contribution in [0.2, 0.25) is 0 Å². The number of aliphatic hydroxyl groups is 1. The lowest BCUT2D eigenvalue weighted by molar-refractivity contribution is 0.269. The summed E-state index contributed by atoms with van der Waals surface area (Å²) < 4.78 is 1.82. The maximum absolute atomic E-state index is 8.99. The van der Waals surface area contributed by atoms with Gasteiger partial charge in [-0.15, -0.1) is 0 Å². The highest BCUT2D eigenvalue weighted by atomic mass is 16.3. The first-order valence-electron chi connectivity index (χ1n) is 8.38. The summed E-state index contributed by atoms with van der Waals surface area (Å²) in [6.07, 6.45) is 3.23. The van der Waals surface area contributed by atoms with Gasteiger partial charge in [-0.1, -0.05) is 30.3 Å². The van der Waals surface area contributed by atoms with Crippen molar-refractivity contribution in [2.75, 3.05) is 19.7 Å². The molecule has 3 rings (SSSR count). The summed E-state index contributed by atoms with van der Waals surface area (Å²) in [7, 11) is 0. The Kier molecular flexibility index (Phi) is 5.43. The molecule has 0 aliphatic carbocycles. The van der Waals surface area contributed by atoms with Crippen LogP contribution in [0.15, 0.2) is 36.5 Å². The predicted octanol–water partition coefficient (Wildman–Crippen LogP) is 1.55. The maximum atomic E-state index is 8.99. The fraction of sp³-hybridized carbons (Fsp3) is 0.500. The van der Waals surface area contributed by atoms with E-state index in [1.807, 2.05) is 17.8 Å². The van der Waals surface area contributed by atoms with Gasteiger partial charge in [0.1, 0.15) is 0 Å². The quantitative estimate of drug-likeness (QED) is 0.814. The van der Waals surface area contributed by atoms with Crippen molar-refractivity contribution < 1.29 is 5.11 Å². The third kappa shape index (κ3) is 4.41. The monoisotopic (exact) mass is 314 g/mol. The Bertz CT molecular complexity index is 611. The van der Waals surface area contributed by atoms with Crippen LogP contribution in [0.5, 0.6) is 0 Å². The Morgan fingerprint density at radius 2 is 2.13 bits per heavy atom. The van der Waals surface area contributed by atoms with Crippen molar-refractivity contribution in [3.63, 3.8) is 0 Å². The Labute approximate surface area is 137 Å². The molecule has 2 aromatic rings. The van der Waals surface area contributed by atoms with Gasteiger partial charge in [-0.3, -0.25) is 9.58 Å². The van der Waals surface area contributed by atoms with E-state index in [9.17, 15) is 0 Å². The summed E-state index contributed by atoms with van der Waals surface area (Å²) in [5.41, 5.74) is 3.65. The lowest BCUT2D eigenvalue weighted by Gasteiger charge is -2.16. The number of aromatic nitrogens is 2. The average Bonchev–Trinajstić information content (AvgIpc) is 3.13. The van der Waals surface area contributed by atoms with E-state index in [0.29, 0.717) is 12.6 Å². The van der Waals surface area contributed by atoms with E-state index in [1.54, 1.807) is 0 Å². The lowest BCUT2D eigenvalue weighted by Crippen LogP contribution is -2.32. The van der Waals surface area contributed by atoms with Crippen molar-refractivity contribution in [3.05, 3.63) is 53.3 Å². The highest BCUT2D eigenvalue weighted by Crippen LogP contribution is 2.14. The molecule has 5 heteroatoms. The molecule has 2 N–H and O–H groups in total. The molecule has 0 spiro atoms. The fourth-order valence-electron chi connectivity index (χ4n) is 3.19. The number of nitrogens with one attached hydrogen (secondary N) is 1. The molecule has 124 valence electrons. The van der Waals surface area contributed by atoms with Crippen LogP contribution < -0.4 is 5.32 Å². The van der Waals surface area contributed by atoms with Gasteiger partial charge in [0.15, 0.2) is 0 Å². The lowest BCUT2D eigenvalue weighted by atomic mass is 10.2. The van der Waals surface area contributed by atoms with E-state index in [1.165, 1.54) is 17.5 Å². The van der Waals surface area contributed by atoms with Gasteiger partial charge in [0.25, 0.3) is 0 Å². The second-order valence-corrected chi connectivity index (χ2v) is 6.31. The molecule has 1 aromatic heterocycles. The fourth-order valence-corrected chi connectivity index (χ4v) is 3.19. The normalized spacial score (nSPS) is 18.6. The van der Waals surface area contributed by atoms with E-state index in [4.69, 9.17) is 5.11 Å². The van der Waals surface area contributed by atoms with Gasteiger partial charge in [-0.2, -0.15) is 5.10 Å². The van der Waals surface area contributed by atoms with Crippen LogP contribution in [0.3, 0.4) is 0 Å². The highest BCUT2D eigenvalue weighted by Gasteiger charge is 2.22. The SMILES string of the molecule is Cc1nn(CCO)cc1CNC1CCN(Cc2ccccc2)C1. The van der Waals surface area contributed by atoms with Crippen molar-refractivity contribution in [2.24, 2.45) is 0 Å². The average molecular weight is 314 g/mol. The van der Waals surface area contributed by atoms with Crippen LogP contribution in [0, 0.1) is 6.92 Å².